The minimum atomic E-state index is 0.362. The molecule has 0 amide bonds. The molecular weight excluding hydrogens is 174 g/mol. The summed E-state index contributed by atoms with van der Waals surface area (Å²) in [5, 5.41) is 7.92. The predicted molar refractivity (Wildman–Crippen MR) is 60.8 cm³/mol. The van der Waals surface area contributed by atoms with E-state index in [2.05, 4.69) is 37.5 Å². The Morgan fingerprint density at radius 3 is 1.86 bits per heavy atom. The molecular formula is C11H23N3. The molecule has 0 radical (unpaired) electrons. The Labute approximate surface area is 87.6 Å². The molecule has 0 unspecified atom stereocenters. The van der Waals surface area contributed by atoms with Gasteiger partial charge in [0, 0.05) is 38.1 Å². The van der Waals surface area contributed by atoms with E-state index >= 15 is 0 Å². The lowest BCUT2D eigenvalue weighted by molar-refractivity contribution is 0.145. The van der Waals surface area contributed by atoms with Gasteiger partial charge in [-0.3, -0.25) is 10.3 Å². The number of hydrogen-bond acceptors (Lipinski definition) is 2. The van der Waals surface area contributed by atoms with E-state index in [-0.39, 0.29) is 0 Å². The highest BCUT2D eigenvalue weighted by atomic mass is 15.3. The normalized spacial score (nSPS) is 19.4. The number of hydrogen-bond donors (Lipinski definition) is 1. The van der Waals surface area contributed by atoms with Gasteiger partial charge in [-0.25, -0.2) is 0 Å². The molecule has 14 heavy (non-hydrogen) atoms. The lowest BCUT2D eigenvalue weighted by Crippen LogP contribution is -2.51. The van der Waals surface area contributed by atoms with Gasteiger partial charge in [0.1, 0.15) is 0 Å². The Balaban J connectivity index is 2.39. The topological polar surface area (TPSA) is 30.3 Å². The maximum atomic E-state index is 7.92. The van der Waals surface area contributed by atoms with Crippen LogP contribution in [-0.4, -0.2) is 47.9 Å². The molecule has 1 N–H and O–H groups in total. The molecule has 0 aromatic rings. The molecule has 0 spiro atoms. The average Bonchev–Trinajstić information content (AvgIpc) is 2.16. The van der Waals surface area contributed by atoms with Gasteiger partial charge in [-0.05, 0) is 13.8 Å². The number of amidine groups is 1. The number of nitrogens with one attached hydrogen (secondary N) is 1. The van der Waals surface area contributed by atoms with Gasteiger partial charge in [-0.1, -0.05) is 13.8 Å². The highest BCUT2D eigenvalue weighted by Gasteiger charge is 2.21. The van der Waals surface area contributed by atoms with Gasteiger partial charge >= 0.3 is 0 Å². The maximum Gasteiger partial charge on any atom is 0.0984 e. The molecule has 1 heterocycles. The van der Waals surface area contributed by atoms with Crippen molar-refractivity contribution in [3.05, 3.63) is 0 Å². The summed E-state index contributed by atoms with van der Waals surface area (Å²) in [6.07, 6.45) is 0. The van der Waals surface area contributed by atoms with E-state index in [1.54, 1.807) is 0 Å². The standard InChI is InChI=1S/C11H23N3/c1-9(2)11(12)14-7-5-13(6-8-14)10(3)4/h9-10,12H,5-8H2,1-4H3. The molecule has 0 aromatic heterocycles. The minimum absolute atomic E-state index is 0.362. The quantitative estimate of drug-likeness (QED) is 0.539. The van der Waals surface area contributed by atoms with Crippen molar-refractivity contribution in [3.63, 3.8) is 0 Å². The molecule has 3 heteroatoms. The van der Waals surface area contributed by atoms with E-state index in [9.17, 15) is 0 Å². The second kappa shape index (κ2) is 4.78. The zero-order chi connectivity index (χ0) is 10.7. The number of piperazine rings is 1. The fraction of sp³-hybridized carbons (Fsp3) is 0.909. The minimum Gasteiger partial charge on any atom is -0.358 e. The zero-order valence-corrected chi connectivity index (χ0v) is 9.88. The molecule has 1 rings (SSSR count). The van der Waals surface area contributed by atoms with E-state index in [0.717, 1.165) is 32.0 Å². The summed E-state index contributed by atoms with van der Waals surface area (Å²) in [6.45, 7) is 12.9. The van der Waals surface area contributed by atoms with Crippen molar-refractivity contribution in [1.82, 2.24) is 9.80 Å². The van der Waals surface area contributed by atoms with Crippen LogP contribution in [-0.2, 0) is 0 Å². The van der Waals surface area contributed by atoms with Gasteiger partial charge in [0.15, 0.2) is 0 Å². The van der Waals surface area contributed by atoms with Gasteiger partial charge in [0.25, 0.3) is 0 Å². The van der Waals surface area contributed by atoms with Crippen LogP contribution in [0.25, 0.3) is 0 Å². The van der Waals surface area contributed by atoms with Crippen LogP contribution in [0.2, 0.25) is 0 Å². The molecule has 0 saturated carbocycles. The molecule has 1 aliphatic rings. The number of nitrogens with zero attached hydrogens (tertiary/aromatic N) is 2. The summed E-state index contributed by atoms with van der Waals surface area (Å²) in [5.41, 5.74) is 0. The van der Waals surface area contributed by atoms with Gasteiger partial charge in [0.05, 0.1) is 5.84 Å². The molecule has 0 bridgehead atoms. The smallest absolute Gasteiger partial charge is 0.0984 e. The molecule has 82 valence electrons. The first-order chi connectivity index (χ1) is 6.52. The molecule has 0 atom stereocenters. The van der Waals surface area contributed by atoms with Crippen LogP contribution in [0.3, 0.4) is 0 Å². The van der Waals surface area contributed by atoms with Crippen molar-refractivity contribution in [2.45, 2.75) is 33.7 Å². The third kappa shape index (κ3) is 2.71. The Hall–Kier alpha value is -0.570. The first-order valence-corrected chi connectivity index (χ1v) is 5.59. The van der Waals surface area contributed by atoms with Gasteiger partial charge in [-0.15, -0.1) is 0 Å². The van der Waals surface area contributed by atoms with Crippen LogP contribution in [0.4, 0.5) is 0 Å². The monoisotopic (exact) mass is 197 g/mol. The summed E-state index contributed by atoms with van der Waals surface area (Å²) in [4.78, 5) is 4.69. The summed E-state index contributed by atoms with van der Waals surface area (Å²) in [6, 6.07) is 0.644. The van der Waals surface area contributed by atoms with E-state index in [0.29, 0.717) is 12.0 Å². The molecule has 3 nitrogen and oxygen atoms in total. The molecule has 0 aliphatic carbocycles. The van der Waals surface area contributed by atoms with Gasteiger partial charge < -0.3 is 4.90 Å². The van der Waals surface area contributed by atoms with Crippen molar-refractivity contribution in [1.29, 1.82) is 5.41 Å². The second-order valence-electron chi connectivity index (χ2n) is 4.66. The van der Waals surface area contributed by atoms with E-state index in [4.69, 9.17) is 5.41 Å². The van der Waals surface area contributed by atoms with E-state index in [1.807, 2.05) is 0 Å². The van der Waals surface area contributed by atoms with E-state index in [1.165, 1.54) is 0 Å². The summed E-state index contributed by atoms with van der Waals surface area (Å²) in [5.74, 6) is 1.16. The molecule has 1 saturated heterocycles. The Kier molecular flexibility index (Phi) is 3.93. The van der Waals surface area contributed by atoms with Crippen molar-refractivity contribution < 1.29 is 0 Å². The third-order valence-corrected chi connectivity index (χ3v) is 2.93. The largest absolute Gasteiger partial charge is 0.358 e. The van der Waals surface area contributed by atoms with Gasteiger partial charge in [0.2, 0.25) is 0 Å². The number of rotatable bonds is 2. The lowest BCUT2D eigenvalue weighted by atomic mass is 10.1. The van der Waals surface area contributed by atoms with Crippen LogP contribution in [0.15, 0.2) is 0 Å². The van der Waals surface area contributed by atoms with Crippen LogP contribution < -0.4 is 0 Å². The highest BCUT2D eigenvalue weighted by molar-refractivity contribution is 5.81. The summed E-state index contributed by atoms with van der Waals surface area (Å²) >= 11 is 0. The predicted octanol–water partition coefficient (Wildman–Crippen LogP) is 1.65. The molecule has 1 fully saturated rings. The fourth-order valence-corrected chi connectivity index (χ4v) is 1.84. The van der Waals surface area contributed by atoms with Crippen molar-refractivity contribution >= 4 is 5.84 Å². The lowest BCUT2D eigenvalue weighted by Gasteiger charge is -2.38. The van der Waals surface area contributed by atoms with Crippen molar-refractivity contribution in [2.75, 3.05) is 26.2 Å². The van der Waals surface area contributed by atoms with Crippen LogP contribution in [0.1, 0.15) is 27.7 Å². The SMILES string of the molecule is CC(C)C(=N)N1CCN(C(C)C)CC1. The van der Waals surface area contributed by atoms with Crippen molar-refractivity contribution in [2.24, 2.45) is 5.92 Å². The first-order valence-electron chi connectivity index (χ1n) is 5.59. The summed E-state index contributed by atoms with van der Waals surface area (Å²) in [7, 11) is 0. The van der Waals surface area contributed by atoms with Crippen LogP contribution in [0, 0.1) is 11.3 Å². The van der Waals surface area contributed by atoms with Crippen molar-refractivity contribution in [3.8, 4) is 0 Å². The first kappa shape index (κ1) is 11.5. The zero-order valence-electron chi connectivity index (χ0n) is 9.88. The Morgan fingerprint density at radius 2 is 1.50 bits per heavy atom. The Bertz CT molecular complexity index is 191. The second-order valence-corrected chi connectivity index (χ2v) is 4.66. The van der Waals surface area contributed by atoms with E-state index < -0.39 is 0 Å². The van der Waals surface area contributed by atoms with Gasteiger partial charge in [-0.2, -0.15) is 0 Å². The fourth-order valence-electron chi connectivity index (χ4n) is 1.84. The Morgan fingerprint density at radius 1 is 1.00 bits per heavy atom. The van der Waals surface area contributed by atoms with Crippen LogP contribution >= 0.6 is 0 Å². The van der Waals surface area contributed by atoms with Crippen LogP contribution in [0.5, 0.6) is 0 Å². The summed E-state index contributed by atoms with van der Waals surface area (Å²) < 4.78 is 0. The highest BCUT2D eigenvalue weighted by Crippen LogP contribution is 2.09. The third-order valence-electron chi connectivity index (χ3n) is 2.93. The maximum absolute atomic E-state index is 7.92. The molecule has 1 aliphatic heterocycles. The molecule has 0 aromatic carbocycles. The average molecular weight is 197 g/mol.